The van der Waals surface area contributed by atoms with Gasteiger partial charge in [-0.1, -0.05) is 121 Å². The minimum absolute atomic E-state index is 0.615. The van der Waals surface area contributed by atoms with E-state index in [1.54, 1.807) is 0 Å². The average Bonchev–Trinajstić information content (AvgIpc) is 3.26. The number of rotatable bonds is 10. The zero-order valence-electron chi connectivity index (χ0n) is 30.5. The molecule has 1 heterocycles. The van der Waals surface area contributed by atoms with Crippen LogP contribution in [0.15, 0.2) is 170 Å². The van der Waals surface area contributed by atoms with Crippen molar-refractivity contribution in [1.82, 2.24) is 15.0 Å². The Labute approximate surface area is 316 Å². The van der Waals surface area contributed by atoms with E-state index in [0.717, 1.165) is 67.1 Å². The van der Waals surface area contributed by atoms with Gasteiger partial charge in [-0.25, -0.2) is 15.0 Å². The van der Waals surface area contributed by atoms with Gasteiger partial charge in [0, 0.05) is 54.9 Å². The van der Waals surface area contributed by atoms with Gasteiger partial charge < -0.3 is 16.0 Å². The molecule has 1 aromatic heterocycles. The lowest BCUT2D eigenvalue weighted by Crippen LogP contribution is -2.00. The molecule has 0 aliphatic heterocycles. The Hall–Kier alpha value is -7.05. The van der Waals surface area contributed by atoms with Gasteiger partial charge in [0.05, 0.1) is 0 Å². The molecule has 0 unspecified atom stereocenters. The quantitative estimate of drug-likeness (QED) is 0.132. The van der Waals surface area contributed by atoms with Crippen molar-refractivity contribution in [1.29, 1.82) is 0 Å². The molecule has 3 N–H and O–H groups in total. The van der Waals surface area contributed by atoms with Crippen LogP contribution in [0.5, 0.6) is 0 Å². The third kappa shape index (κ3) is 7.31. The maximum Gasteiger partial charge on any atom is 0.164 e. The third-order valence-electron chi connectivity index (χ3n) is 9.66. The standard InChI is InChI=1S/C48H40N6/c1-49-43-16-10-15-38(27-43)48-53-46(36-21-17-34(18-22-36)41-25-39(28-44(30-41)50-2)32-11-6-4-7-12-32)52-47(54-48)37-23-19-35(20-24-37)42-26-40(29-45(31-42)51-3)33-13-8-5-9-14-33/h4-31,49-51H,1-3H3. The molecule has 0 bridgehead atoms. The van der Waals surface area contributed by atoms with Gasteiger partial charge in [-0.2, -0.15) is 0 Å². The highest BCUT2D eigenvalue weighted by Gasteiger charge is 2.14. The Bertz CT molecular complexity index is 2380. The molecule has 7 aromatic carbocycles. The van der Waals surface area contributed by atoms with Gasteiger partial charge in [0.25, 0.3) is 0 Å². The molecular weight excluding hydrogens is 661 g/mol. The van der Waals surface area contributed by atoms with Gasteiger partial charge in [0.1, 0.15) is 0 Å². The number of nitrogens with zero attached hydrogens (tertiary/aromatic N) is 3. The van der Waals surface area contributed by atoms with Crippen molar-refractivity contribution in [2.75, 3.05) is 37.1 Å². The summed E-state index contributed by atoms with van der Waals surface area (Å²) < 4.78 is 0. The maximum absolute atomic E-state index is 5.05. The summed E-state index contributed by atoms with van der Waals surface area (Å²) in [6.45, 7) is 0. The highest BCUT2D eigenvalue weighted by Crippen LogP contribution is 2.34. The summed E-state index contributed by atoms with van der Waals surface area (Å²) in [4.78, 5) is 15.1. The van der Waals surface area contributed by atoms with Gasteiger partial charge in [0.15, 0.2) is 17.5 Å². The lowest BCUT2D eigenvalue weighted by atomic mass is 9.97. The van der Waals surface area contributed by atoms with Crippen LogP contribution in [0, 0.1) is 0 Å². The molecule has 8 aromatic rings. The summed E-state index contributed by atoms with van der Waals surface area (Å²) in [6, 6.07) is 59.2. The van der Waals surface area contributed by atoms with Crippen LogP contribution < -0.4 is 16.0 Å². The molecule has 0 saturated carbocycles. The highest BCUT2D eigenvalue weighted by atomic mass is 15.0. The molecule has 0 spiro atoms. The zero-order chi connectivity index (χ0) is 36.9. The second-order valence-corrected chi connectivity index (χ2v) is 13.1. The zero-order valence-corrected chi connectivity index (χ0v) is 30.5. The lowest BCUT2D eigenvalue weighted by Gasteiger charge is -2.12. The molecule has 0 saturated heterocycles. The van der Waals surface area contributed by atoms with E-state index in [0.29, 0.717) is 17.5 Å². The fraction of sp³-hybridized carbons (Fsp3) is 0.0625. The number of aromatic nitrogens is 3. The van der Waals surface area contributed by atoms with Crippen LogP contribution in [-0.4, -0.2) is 36.1 Å². The first-order valence-electron chi connectivity index (χ1n) is 18.1. The van der Waals surface area contributed by atoms with E-state index in [-0.39, 0.29) is 0 Å². The topological polar surface area (TPSA) is 74.8 Å². The first kappa shape index (κ1) is 34.1. The van der Waals surface area contributed by atoms with Crippen LogP contribution >= 0.6 is 0 Å². The van der Waals surface area contributed by atoms with Crippen LogP contribution in [-0.2, 0) is 0 Å². The third-order valence-corrected chi connectivity index (χ3v) is 9.66. The number of hydrogen-bond donors (Lipinski definition) is 3. The predicted molar refractivity (Wildman–Crippen MR) is 227 cm³/mol. The smallest absolute Gasteiger partial charge is 0.164 e. The molecule has 0 amide bonds. The Kier molecular flexibility index (Phi) is 9.64. The molecule has 0 aliphatic rings. The van der Waals surface area contributed by atoms with Crippen LogP contribution in [0.3, 0.4) is 0 Å². The second-order valence-electron chi connectivity index (χ2n) is 13.1. The van der Waals surface area contributed by atoms with Crippen LogP contribution in [0.25, 0.3) is 78.7 Å². The summed E-state index contributed by atoms with van der Waals surface area (Å²) in [7, 11) is 5.82. The Morgan fingerprint density at radius 1 is 0.259 bits per heavy atom. The highest BCUT2D eigenvalue weighted by molar-refractivity contribution is 5.81. The van der Waals surface area contributed by atoms with Crippen molar-refractivity contribution in [2.45, 2.75) is 0 Å². The van der Waals surface area contributed by atoms with Crippen molar-refractivity contribution in [3.05, 3.63) is 170 Å². The summed E-state index contributed by atoms with van der Waals surface area (Å²) in [6.07, 6.45) is 0. The van der Waals surface area contributed by atoms with E-state index >= 15 is 0 Å². The van der Waals surface area contributed by atoms with Crippen LogP contribution in [0.1, 0.15) is 0 Å². The summed E-state index contributed by atoms with van der Waals surface area (Å²) in [5.74, 6) is 1.84. The van der Waals surface area contributed by atoms with Gasteiger partial charge >= 0.3 is 0 Å². The van der Waals surface area contributed by atoms with Crippen LogP contribution in [0.4, 0.5) is 17.1 Å². The molecule has 0 atom stereocenters. The number of hydrogen-bond acceptors (Lipinski definition) is 6. The first-order chi connectivity index (χ1) is 26.6. The van der Waals surface area contributed by atoms with Crippen molar-refractivity contribution in [3.8, 4) is 78.7 Å². The molecule has 8 rings (SSSR count). The molecule has 0 fully saturated rings. The molecule has 6 nitrogen and oxygen atoms in total. The minimum Gasteiger partial charge on any atom is -0.388 e. The molecule has 6 heteroatoms. The van der Waals surface area contributed by atoms with Crippen molar-refractivity contribution >= 4 is 17.1 Å². The lowest BCUT2D eigenvalue weighted by molar-refractivity contribution is 1.07. The van der Waals surface area contributed by atoms with E-state index in [4.69, 9.17) is 15.0 Å². The maximum atomic E-state index is 5.05. The van der Waals surface area contributed by atoms with Gasteiger partial charge in [-0.15, -0.1) is 0 Å². The fourth-order valence-electron chi connectivity index (χ4n) is 6.67. The van der Waals surface area contributed by atoms with E-state index in [9.17, 15) is 0 Å². The Morgan fingerprint density at radius 3 is 0.963 bits per heavy atom. The average molecular weight is 701 g/mol. The molecule has 262 valence electrons. The monoisotopic (exact) mass is 700 g/mol. The predicted octanol–water partition coefficient (Wildman–Crippen LogP) is 11.7. The minimum atomic E-state index is 0.615. The molecule has 54 heavy (non-hydrogen) atoms. The SMILES string of the molecule is CNc1cc(-c2ccccc2)cc(-c2ccc(-c3nc(-c4ccc(-c5cc(NC)cc(-c6ccccc6)c5)cc4)nc(-c4cccc(NC)c4)n3)cc2)c1. The fourth-order valence-corrected chi connectivity index (χ4v) is 6.67. The summed E-state index contributed by atoms with van der Waals surface area (Å²) in [5.41, 5.74) is 15.0. The second kappa shape index (κ2) is 15.3. The largest absolute Gasteiger partial charge is 0.388 e. The number of nitrogens with one attached hydrogen (secondary N) is 3. The van der Waals surface area contributed by atoms with Gasteiger partial charge in [0.2, 0.25) is 0 Å². The van der Waals surface area contributed by atoms with Gasteiger partial charge in [-0.3, -0.25) is 0 Å². The summed E-state index contributed by atoms with van der Waals surface area (Å²) in [5, 5.41) is 9.90. The van der Waals surface area contributed by atoms with Crippen molar-refractivity contribution < 1.29 is 0 Å². The normalized spacial score (nSPS) is 10.9. The number of benzene rings is 7. The first-order valence-corrected chi connectivity index (χ1v) is 18.1. The van der Waals surface area contributed by atoms with E-state index in [2.05, 4.69) is 155 Å². The van der Waals surface area contributed by atoms with E-state index in [1.807, 2.05) is 51.5 Å². The summed E-state index contributed by atoms with van der Waals surface area (Å²) >= 11 is 0. The number of anilines is 3. The van der Waals surface area contributed by atoms with E-state index in [1.165, 1.54) is 11.1 Å². The molecule has 0 aliphatic carbocycles. The van der Waals surface area contributed by atoms with Crippen LogP contribution in [0.2, 0.25) is 0 Å². The van der Waals surface area contributed by atoms with Crippen molar-refractivity contribution in [2.24, 2.45) is 0 Å². The molecular formula is C48H40N6. The Morgan fingerprint density at radius 2 is 0.574 bits per heavy atom. The van der Waals surface area contributed by atoms with Crippen molar-refractivity contribution in [3.63, 3.8) is 0 Å². The molecule has 0 radical (unpaired) electrons. The van der Waals surface area contributed by atoms with E-state index < -0.39 is 0 Å². The Balaban J connectivity index is 1.16. The van der Waals surface area contributed by atoms with Gasteiger partial charge in [-0.05, 0) is 93.0 Å².